The predicted octanol–water partition coefficient (Wildman–Crippen LogP) is 4.35. The number of carbonyl (C=O) groups excluding carboxylic acids is 1. The van der Waals surface area contributed by atoms with Gasteiger partial charge in [-0.25, -0.2) is 0 Å². The van der Waals surface area contributed by atoms with Crippen molar-refractivity contribution < 1.29 is 17.4 Å². The number of hydrogen-bond acceptors (Lipinski definition) is 4. The average Bonchev–Trinajstić information content (AvgIpc) is 2.45. The lowest BCUT2D eigenvalue weighted by Crippen LogP contribution is -2.12. The largest absolute Gasteiger partial charge is 0.378 e. The molecule has 7 heteroatoms. The summed E-state index contributed by atoms with van der Waals surface area (Å²) in [5, 5.41) is 0.347. The number of ketones is 1. The zero-order chi connectivity index (χ0) is 16.3. The van der Waals surface area contributed by atoms with Gasteiger partial charge in [0, 0.05) is 16.5 Å². The van der Waals surface area contributed by atoms with Gasteiger partial charge in [-0.1, -0.05) is 42.3 Å². The maximum Gasteiger partial charge on any atom is 0.339 e. The van der Waals surface area contributed by atoms with E-state index >= 15 is 0 Å². The zero-order valence-electron chi connectivity index (χ0n) is 11.5. The van der Waals surface area contributed by atoms with Crippen LogP contribution in [-0.2, 0) is 10.1 Å². The first-order chi connectivity index (χ1) is 10.3. The van der Waals surface area contributed by atoms with E-state index in [4.69, 9.17) is 27.4 Å². The molecule has 0 aromatic heterocycles. The first-order valence-corrected chi connectivity index (χ1v) is 8.52. The standard InChI is InChI=1S/C15H12Cl2O4S/c1-2-14(18)13-5-3-4-6-15(13)21-22(19,20)12-8-10(16)7-11(17)9-12/h3-9H,2H2,1H3. The van der Waals surface area contributed by atoms with Gasteiger partial charge < -0.3 is 4.18 Å². The second-order valence-corrected chi connectivity index (χ2v) is 6.83. The summed E-state index contributed by atoms with van der Waals surface area (Å²) in [5.41, 5.74) is 0.210. The van der Waals surface area contributed by atoms with Gasteiger partial charge in [0.05, 0.1) is 5.56 Å². The number of halogens is 2. The molecule has 0 amide bonds. The number of benzene rings is 2. The Balaban J connectivity index is 2.43. The highest BCUT2D eigenvalue weighted by molar-refractivity contribution is 7.87. The Labute approximate surface area is 138 Å². The van der Waals surface area contributed by atoms with Gasteiger partial charge in [0.2, 0.25) is 0 Å². The van der Waals surface area contributed by atoms with Gasteiger partial charge in [-0.15, -0.1) is 0 Å². The van der Waals surface area contributed by atoms with Crippen LogP contribution in [0.4, 0.5) is 0 Å². The molecule has 0 N–H and O–H groups in total. The van der Waals surface area contributed by atoms with Crippen molar-refractivity contribution in [3.63, 3.8) is 0 Å². The third-order valence-electron chi connectivity index (χ3n) is 2.83. The molecule has 2 aromatic rings. The van der Waals surface area contributed by atoms with Crippen LogP contribution in [-0.4, -0.2) is 14.2 Å². The van der Waals surface area contributed by atoms with Gasteiger partial charge >= 0.3 is 10.1 Å². The van der Waals surface area contributed by atoms with E-state index in [1.807, 2.05) is 0 Å². The summed E-state index contributed by atoms with van der Waals surface area (Å²) in [6.07, 6.45) is 0.239. The summed E-state index contributed by atoms with van der Waals surface area (Å²) in [6.45, 7) is 1.68. The Hall–Kier alpha value is -1.56. The van der Waals surface area contributed by atoms with Crippen molar-refractivity contribution in [2.24, 2.45) is 0 Å². The molecule has 0 aliphatic carbocycles. The van der Waals surface area contributed by atoms with Crippen LogP contribution >= 0.6 is 23.2 Å². The van der Waals surface area contributed by atoms with Gasteiger partial charge in [0.25, 0.3) is 0 Å². The normalized spacial score (nSPS) is 11.2. The van der Waals surface area contributed by atoms with E-state index in [1.165, 1.54) is 30.3 Å². The van der Waals surface area contributed by atoms with Crippen molar-refractivity contribution in [1.82, 2.24) is 0 Å². The van der Waals surface area contributed by atoms with Crippen molar-refractivity contribution in [2.45, 2.75) is 18.2 Å². The van der Waals surface area contributed by atoms with Crippen LogP contribution in [0.2, 0.25) is 10.0 Å². The van der Waals surface area contributed by atoms with E-state index in [-0.39, 0.29) is 38.5 Å². The summed E-state index contributed by atoms with van der Waals surface area (Å²) in [6, 6.07) is 10.0. The molecule has 2 rings (SSSR count). The van der Waals surface area contributed by atoms with E-state index in [1.54, 1.807) is 19.1 Å². The number of hydrogen-bond donors (Lipinski definition) is 0. The van der Waals surface area contributed by atoms with E-state index in [0.717, 1.165) is 0 Å². The summed E-state index contributed by atoms with van der Waals surface area (Å²) >= 11 is 11.6. The molecule has 0 fully saturated rings. The number of rotatable bonds is 5. The third kappa shape index (κ3) is 3.80. The van der Waals surface area contributed by atoms with Crippen molar-refractivity contribution in [1.29, 1.82) is 0 Å². The van der Waals surface area contributed by atoms with E-state index in [0.29, 0.717) is 0 Å². The van der Waals surface area contributed by atoms with Crippen LogP contribution in [0, 0.1) is 0 Å². The molecule has 2 aromatic carbocycles. The summed E-state index contributed by atoms with van der Waals surface area (Å²) in [5.74, 6) is -0.236. The van der Waals surface area contributed by atoms with Crippen molar-refractivity contribution in [2.75, 3.05) is 0 Å². The van der Waals surface area contributed by atoms with Gasteiger partial charge in [-0.2, -0.15) is 8.42 Å². The molecule has 0 aliphatic rings. The lowest BCUT2D eigenvalue weighted by molar-refractivity contribution is 0.0986. The van der Waals surface area contributed by atoms with Crippen LogP contribution in [0.1, 0.15) is 23.7 Å². The summed E-state index contributed by atoms with van der Waals surface area (Å²) in [4.78, 5) is 11.7. The number of para-hydroxylation sites is 1. The Morgan fingerprint density at radius 3 is 2.27 bits per heavy atom. The molecule has 4 nitrogen and oxygen atoms in total. The van der Waals surface area contributed by atoms with Gasteiger partial charge in [-0.05, 0) is 30.3 Å². The predicted molar refractivity (Wildman–Crippen MR) is 85.3 cm³/mol. The second-order valence-electron chi connectivity index (χ2n) is 4.42. The van der Waals surface area contributed by atoms with Gasteiger partial charge in [0.15, 0.2) is 11.5 Å². The number of carbonyl (C=O) groups is 1. The average molecular weight is 359 g/mol. The minimum atomic E-state index is -4.14. The molecule has 0 unspecified atom stereocenters. The van der Waals surface area contributed by atoms with Gasteiger partial charge in [-0.3, -0.25) is 4.79 Å². The van der Waals surface area contributed by atoms with Crippen LogP contribution in [0.15, 0.2) is 47.4 Å². The molecule has 0 heterocycles. The molecule has 0 radical (unpaired) electrons. The Morgan fingerprint density at radius 1 is 1.09 bits per heavy atom. The molecule has 22 heavy (non-hydrogen) atoms. The summed E-state index contributed by atoms with van der Waals surface area (Å²) in [7, 11) is -4.14. The lowest BCUT2D eigenvalue weighted by Gasteiger charge is -2.11. The highest BCUT2D eigenvalue weighted by atomic mass is 35.5. The van der Waals surface area contributed by atoms with Crippen LogP contribution in [0.3, 0.4) is 0 Å². The molecule has 0 saturated carbocycles. The zero-order valence-corrected chi connectivity index (χ0v) is 13.9. The van der Waals surface area contributed by atoms with E-state index in [9.17, 15) is 13.2 Å². The Bertz CT molecular complexity index is 796. The fraction of sp³-hybridized carbons (Fsp3) is 0.133. The molecule has 0 aliphatic heterocycles. The lowest BCUT2D eigenvalue weighted by atomic mass is 10.1. The summed E-state index contributed by atoms with van der Waals surface area (Å²) < 4.78 is 29.7. The monoisotopic (exact) mass is 358 g/mol. The van der Waals surface area contributed by atoms with Gasteiger partial charge in [0.1, 0.15) is 4.90 Å². The topological polar surface area (TPSA) is 60.4 Å². The first-order valence-electron chi connectivity index (χ1n) is 6.36. The highest BCUT2D eigenvalue weighted by Crippen LogP contribution is 2.27. The Morgan fingerprint density at radius 2 is 1.68 bits per heavy atom. The highest BCUT2D eigenvalue weighted by Gasteiger charge is 2.21. The van der Waals surface area contributed by atoms with Crippen molar-refractivity contribution in [3.8, 4) is 5.75 Å². The molecule has 0 spiro atoms. The molecule has 0 atom stereocenters. The number of Topliss-reactive ketones (excluding diaryl/α,β-unsaturated/α-hetero) is 1. The Kier molecular flexibility index (Phi) is 5.11. The fourth-order valence-corrected chi connectivity index (χ4v) is 3.48. The fourth-order valence-electron chi connectivity index (χ4n) is 1.80. The molecular weight excluding hydrogens is 347 g/mol. The van der Waals surface area contributed by atoms with E-state index < -0.39 is 10.1 Å². The third-order valence-corrected chi connectivity index (χ3v) is 4.48. The maximum absolute atomic E-state index is 12.3. The first kappa shape index (κ1) is 16.8. The minimum Gasteiger partial charge on any atom is -0.378 e. The quantitative estimate of drug-likeness (QED) is 0.588. The van der Waals surface area contributed by atoms with E-state index in [2.05, 4.69) is 0 Å². The second kappa shape index (κ2) is 6.69. The smallest absolute Gasteiger partial charge is 0.339 e. The minimum absolute atomic E-state index is 0.0227. The maximum atomic E-state index is 12.3. The van der Waals surface area contributed by atoms with Crippen LogP contribution < -0.4 is 4.18 Å². The molecule has 0 bridgehead atoms. The SMILES string of the molecule is CCC(=O)c1ccccc1OS(=O)(=O)c1cc(Cl)cc(Cl)c1. The van der Waals surface area contributed by atoms with Crippen LogP contribution in [0.5, 0.6) is 5.75 Å². The van der Waals surface area contributed by atoms with Crippen molar-refractivity contribution >= 4 is 39.1 Å². The molecule has 0 saturated heterocycles. The molecular formula is C15H12Cl2O4S. The molecule has 116 valence electrons. The van der Waals surface area contributed by atoms with Crippen molar-refractivity contribution in [3.05, 3.63) is 58.1 Å². The van der Waals surface area contributed by atoms with Crippen LogP contribution in [0.25, 0.3) is 0 Å².